The molecule has 100 valence electrons. The zero-order valence-electron chi connectivity index (χ0n) is 10.8. The van der Waals surface area contributed by atoms with Gasteiger partial charge in [0, 0.05) is 17.4 Å². The number of hydrogen-bond acceptors (Lipinski definition) is 4. The third-order valence-electron chi connectivity index (χ3n) is 2.73. The molecule has 0 spiro atoms. The number of carbonyl (C=O) groups is 1. The van der Waals surface area contributed by atoms with Crippen LogP contribution in [0.5, 0.6) is 5.75 Å². The van der Waals surface area contributed by atoms with Crippen molar-refractivity contribution in [3.63, 3.8) is 0 Å². The van der Waals surface area contributed by atoms with Gasteiger partial charge in [0.1, 0.15) is 11.3 Å². The summed E-state index contributed by atoms with van der Waals surface area (Å²) in [6.07, 6.45) is 0. The van der Waals surface area contributed by atoms with Crippen LogP contribution >= 0.6 is 0 Å². The number of ether oxygens (including phenoxy) is 1. The molecule has 0 heterocycles. The minimum atomic E-state index is -1.04. The van der Waals surface area contributed by atoms with Gasteiger partial charge in [-0.05, 0) is 36.4 Å². The Kier molecular flexibility index (Phi) is 3.87. The Morgan fingerprint density at radius 1 is 1.20 bits per heavy atom. The highest BCUT2D eigenvalue weighted by molar-refractivity contribution is 5.91. The lowest BCUT2D eigenvalue weighted by atomic mass is 10.1. The summed E-state index contributed by atoms with van der Waals surface area (Å²) in [6.45, 7) is 0. The number of carboxylic acid groups (broad SMARTS) is 1. The van der Waals surface area contributed by atoms with Gasteiger partial charge in [0.05, 0.1) is 18.7 Å². The number of nitrogens with one attached hydrogen (secondary N) is 1. The molecule has 0 fully saturated rings. The van der Waals surface area contributed by atoms with Crippen molar-refractivity contribution in [1.82, 2.24) is 0 Å². The van der Waals surface area contributed by atoms with E-state index in [9.17, 15) is 4.79 Å². The number of rotatable bonds is 4. The number of hydrogen-bond donors (Lipinski definition) is 2. The predicted octanol–water partition coefficient (Wildman–Crippen LogP) is 3.01. The van der Waals surface area contributed by atoms with Gasteiger partial charge in [-0.3, -0.25) is 0 Å². The van der Waals surface area contributed by atoms with Crippen molar-refractivity contribution in [2.75, 3.05) is 12.4 Å². The molecule has 2 rings (SSSR count). The highest BCUT2D eigenvalue weighted by Crippen LogP contribution is 2.25. The number of benzene rings is 2. The Hall–Kier alpha value is -3.00. The molecule has 0 bridgehead atoms. The lowest BCUT2D eigenvalue weighted by Crippen LogP contribution is -2.01. The van der Waals surface area contributed by atoms with E-state index in [1.807, 2.05) is 6.07 Å². The maximum absolute atomic E-state index is 11.0. The molecular weight excluding hydrogens is 256 g/mol. The maximum Gasteiger partial charge on any atom is 0.339 e. The van der Waals surface area contributed by atoms with Gasteiger partial charge in [0.2, 0.25) is 0 Å². The monoisotopic (exact) mass is 268 g/mol. The molecule has 20 heavy (non-hydrogen) atoms. The molecule has 5 heteroatoms. The van der Waals surface area contributed by atoms with E-state index < -0.39 is 5.97 Å². The van der Waals surface area contributed by atoms with E-state index >= 15 is 0 Å². The van der Waals surface area contributed by atoms with Crippen molar-refractivity contribution in [3.05, 3.63) is 53.6 Å². The molecule has 0 atom stereocenters. The summed E-state index contributed by atoms with van der Waals surface area (Å²) in [4.78, 5) is 11.0. The number of nitriles is 1. The van der Waals surface area contributed by atoms with Crippen LogP contribution < -0.4 is 10.1 Å². The maximum atomic E-state index is 11.0. The molecule has 0 aliphatic carbocycles. The first kappa shape index (κ1) is 13.4. The molecule has 0 aromatic heterocycles. The smallest absolute Gasteiger partial charge is 0.339 e. The average molecular weight is 268 g/mol. The summed E-state index contributed by atoms with van der Waals surface area (Å²) in [6, 6.07) is 13.7. The topological polar surface area (TPSA) is 82.3 Å². The van der Waals surface area contributed by atoms with Crippen LogP contribution in [0, 0.1) is 11.3 Å². The minimum absolute atomic E-state index is 0.109. The molecule has 0 aliphatic rings. The van der Waals surface area contributed by atoms with Crippen LogP contribution in [0.3, 0.4) is 0 Å². The minimum Gasteiger partial charge on any atom is -0.496 e. The normalized spacial score (nSPS) is 9.60. The molecule has 0 amide bonds. The first-order valence-electron chi connectivity index (χ1n) is 5.82. The largest absolute Gasteiger partial charge is 0.496 e. The van der Waals surface area contributed by atoms with Crippen molar-refractivity contribution in [2.45, 2.75) is 0 Å². The van der Waals surface area contributed by atoms with Crippen LogP contribution in [0.4, 0.5) is 11.4 Å². The van der Waals surface area contributed by atoms with Crippen LogP contribution in [-0.2, 0) is 0 Å². The second-order valence-corrected chi connectivity index (χ2v) is 4.03. The lowest BCUT2D eigenvalue weighted by Gasteiger charge is -2.10. The summed E-state index contributed by atoms with van der Waals surface area (Å²) < 4.78 is 5.06. The fourth-order valence-corrected chi connectivity index (χ4v) is 1.74. The number of aromatic carboxylic acids is 1. The van der Waals surface area contributed by atoms with Gasteiger partial charge < -0.3 is 15.2 Å². The quantitative estimate of drug-likeness (QED) is 0.890. The van der Waals surface area contributed by atoms with E-state index in [0.717, 1.165) is 5.69 Å². The Labute approximate surface area is 116 Å². The molecule has 0 saturated heterocycles. The molecule has 0 saturated carbocycles. The summed E-state index contributed by atoms with van der Waals surface area (Å²) in [5.74, 6) is -0.747. The van der Waals surface area contributed by atoms with Crippen molar-refractivity contribution in [1.29, 1.82) is 5.26 Å². The molecule has 0 unspecified atom stereocenters. The van der Waals surface area contributed by atoms with Gasteiger partial charge >= 0.3 is 5.97 Å². The zero-order valence-corrected chi connectivity index (χ0v) is 10.8. The first-order chi connectivity index (χ1) is 9.63. The van der Waals surface area contributed by atoms with Crippen LogP contribution in [0.15, 0.2) is 42.5 Å². The number of nitrogens with zero attached hydrogens (tertiary/aromatic N) is 1. The summed E-state index contributed by atoms with van der Waals surface area (Å²) in [7, 11) is 1.42. The van der Waals surface area contributed by atoms with Crippen molar-refractivity contribution >= 4 is 17.3 Å². The second kappa shape index (κ2) is 5.76. The number of anilines is 2. The SMILES string of the molecule is COc1cc(Nc2ccc(C#N)cc2)ccc1C(=O)O. The third kappa shape index (κ3) is 2.87. The molecule has 5 nitrogen and oxygen atoms in total. The highest BCUT2D eigenvalue weighted by atomic mass is 16.5. The van der Waals surface area contributed by atoms with Gasteiger partial charge in [-0.25, -0.2) is 4.79 Å². The Balaban J connectivity index is 2.25. The highest BCUT2D eigenvalue weighted by Gasteiger charge is 2.11. The predicted molar refractivity (Wildman–Crippen MR) is 74.4 cm³/mol. The van der Waals surface area contributed by atoms with E-state index in [1.165, 1.54) is 13.2 Å². The van der Waals surface area contributed by atoms with Crippen LogP contribution in [0.1, 0.15) is 15.9 Å². The molecule has 2 aromatic carbocycles. The van der Waals surface area contributed by atoms with E-state index in [4.69, 9.17) is 15.1 Å². The fraction of sp³-hybridized carbons (Fsp3) is 0.0667. The van der Waals surface area contributed by atoms with Gasteiger partial charge in [0.15, 0.2) is 0 Å². The number of carboxylic acids is 1. The molecule has 2 N–H and O–H groups in total. The van der Waals surface area contributed by atoms with Crippen molar-refractivity contribution in [2.24, 2.45) is 0 Å². The van der Waals surface area contributed by atoms with Crippen LogP contribution in [0.25, 0.3) is 0 Å². The molecule has 2 aromatic rings. The van der Waals surface area contributed by atoms with E-state index in [1.54, 1.807) is 36.4 Å². The van der Waals surface area contributed by atoms with Crippen LogP contribution in [0.2, 0.25) is 0 Å². The Morgan fingerprint density at radius 3 is 2.40 bits per heavy atom. The van der Waals surface area contributed by atoms with Gasteiger partial charge in [0.25, 0.3) is 0 Å². The third-order valence-corrected chi connectivity index (χ3v) is 2.73. The summed E-state index contributed by atoms with van der Waals surface area (Å²) >= 11 is 0. The average Bonchev–Trinajstić information content (AvgIpc) is 2.47. The lowest BCUT2D eigenvalue weighted by molar-refractivity contribution is 0.0693. The molecular formula is C15H12N2O3. The first-order valence-corrected chi connectivity index (χ1v) is 5.82. The Morgan fingerprint density at radius 2 is 1.85 bits per heavy atom. The molecule has 0 radical (unpaired) electrons. The fourth-order valence-electron chi connectivity index (χ4n) is 1.74. The van der Waals surface area contributed by atoms with E-state index in [-0.39, 0.29) is 11.3 Å². The van der Waals surface area contributed by atoms with Crippen molar-refractivity contribution in [3.8, 4) is 11.8 Å². The van der Waals surface area contributed by atoms with Crippen molar-refractivity contribution < 1.29 is 14.6 Å². The van der Waals surface area contributed by atoms with Gasteiger partial charge in [-0.15, -0.1) is 0 Å². The second-order valence-electron chi connectivity index (χ2n) is 4.03. The summed E-state index contributed by atoms with van der Waals surface area (Å²) in [5, 5.41) is 20.8. The number of methoxy groups -OCH3 is 1. The van der Waals surface area contributed by atoms with Crippen LogP contribution in [-0.4, -0.2) is 18.2 Å². The van der Waals surface area contributed by atoms with Gasteiger partial charge in [-0.1, -0.05) is 0 Å². The molecule has 0 aliphatic heterocycles. The Bertz CT molecular complexity index is 673. The zero-order chi connectivity index (χ0) is 14.5. The summed E-state index contributed by atoms with van der Waals surface area (Å²) in [5.41, 5.74) is 2.19. The van der Waals surface area contributed by atoms with Gasteiger partial charge in [-0.2, -0.15) is 5.26 Å². The van der Waals surface area contributed by atoms with E-state index in [0.29, 0.717) is 11.3 Å². The van der Waals surface area contributed by atoms with E-state index in [2.05, 4.69) is 5.32 Å². The standard InChI is InChI=1S/C15H12N2O3/c1-20-14-8-12(6-7-13(14)15(18)19)17-11-4-2-10(9-16)3-5-11/h2-8,17H,1H3,(H,18,19).